The number of alkyl halides is 3. The second-order valence-corrected chi connectivity index (χ2v) is 2.41. The van der Waals surface area contributed by atoms with Crippen molar-refractivity contribution in [1.82, 2.24) is 9.97 Å². The van der Waals surface area contributed by atoms with Crippen LogP contribution in [0, 0.1) is 0 Å². The van der Waals surface area contributed by atoms with Gasteiger partial charge >= 0.3 is 6.18 Å². The van der Waals surface area contributed by atoms with E-state index in [-0.39, 0.29) is 11.0 Å². The van der Waals surface area contributed by atoms with Gasteiger partial charge in [0.25, 0.3) is 5.88 Å². The van der Waals surface area contributed by atoms with Crippen molar-refractivity contribution in [1.29, 1.82) is 0 Å². The highest BCUT2D eigenvalue weighted by atomic mass is 35.5. The van der Waals surface area contributed by atoms with Gasteiger partial charge in [-0.25, -0.2) is 9.97 Å². The molecule has 72 valence electrons. The van der Waals surface area contributed by atoms with Crippen LogP contribution in [0.25, 0.3) is 0 Å². The molecular formula is C6H4ClF3N2O. The number of hydrogen-bond donors (Lipinski definition) is 0. The molecule has 0 radical (unpaired) electrons. The van der Waals surface area contributed by atoms with E-state index >= 15 is 0 Å². The maximum Gasteiger partial charge on any atom is 0.422 e. The molecule has 1 rings (SSSR count). The minimum atomic E-state index is -4.40. The zero-order valence-corrected chi connectivity index (χ0v) is 6.93. The maximum atomic E-state index is 11.7. The van der Waals surface area contributed by atoms with E-state index in [9.17, 15) is 13.2 Å². The first-order valence-corrected chi connectivity index (χ1v) is 3.53. The summed E-state index contributed by atoms with van der Waals surface area (Å²) in [4.78, 5) is 6.96. The van der Waals surface area contributed by atoms with Gasteiger partial charge in [0.2, 0.25) is 0 Å². The fraction of sp³-hybridized carbons (Fsp3) is 0.333. The fourth-order valence-electron chi connectivity index (χ4n) is 0.555. The molecule has 0 bridgehead atoms. The highest BCUT2D eigenvalue weighted by Crippen LogP contribution is 2.21. The molecule has 1 heterocycles. The van der Waals surface area contributed by atoms with Crippen molar-refractivity contribution in [2.24, 2.45) is 0 Å². The summed E-state index contributed by atoms with van der Waals surface area (Å²) in [6, 6.07) is 0. The second-order valence-electron chi connectivity index (χ2n) is 2.06. The lowest BCUT2D eigenvalue weighted by atomic mass is 10.7. The van der Waals surface area contributed by atoms with E-state index in [2.05, 4.69) is 14.7 Å². The van der Waals surface area contributed by atoms with Gasteiger partial charge in [0.1, 0.15) is 0 Å². The highest BCUT2D eigenvalue weighted by molar-refractivity contribution is 6.30. The van der Waals surface area contributed by atoms with Gasteiger partial charge in [0, 0.05) is 12.4 Å². The molecule has 0 N–H and O–H groups in total. The van der Waals surface area contributed by atoms with E-state index in [1.165, 1.54) is 12.4 Å². The van der Waals surface area contributed by atoms with Gasteiger partial charge < -0.3 is 4.74 Å². The Labute approximate surface area is 76.5 Å². The molecule has 1 aromatic heterocycles. The van der Waals surface area contributed by atoms with Gasteiger partial charge in [0.05, 0.1) is 0 Å². The van der Waals surface area contributed by atoms with Crippen LogP contribution in [0.3, 0.4) is 0 Å². The van der Waals surface area contributed by atoms with Crippen LogP contribution in [-0.4, -0.2) is 22.8 Å². The molecule has 0 aliphatic heterocycles. The zero-order chi connectivity index (χ0) is 9.90. The number of nitrogens with zero attached hydrogens (tertiary/aromatic N) is 2. The van der Waals surface area contributed by atoms with Crippen molar-refractivity contribution in [2.45, 2.75) is 6.18 Å². The second kappa shape index (κ2) is 3.78. The third-order valence-electron chi connectivity index (χ3n) is 0.995. The maximum absolute atomic E-state index is 11.7. The molecule has 0 aliphatic carbocycles. The Morgan fingerprint density at radius 2 is 1.92 bits per heavy atom. The summed E-state index contributed by atoms with van der Waals surface area (Å²) in [6.45, 7) is -1.43. The molecule has 13 heavy (non-hydrogen) atoms. The summed E-state index contributed by atoms with van der Waals surface area (Å²) in [5.41, 5.74) is 0. The molecule has 0 atom stereocenters. The fourth-order valence-corrected chi connectivity index (χ4v) is 0.715. The average molecular weight is 213 g/mol. The first kappa shape index (κ1) is 10.0. The standard InChI is InChI=1S/C6H4ClF3N2O/c7-4-5(12-2-1-11-4)13-3-6(8,9)10/h1-2H,3H2. The smallest absolute Gasteiger partial charge is 0.422 e. The van der Waals surface area contributed by atoms with E-state index in [1.54, 1.807) is 0 Å². The van der Waals surface area contributed by atoms with E-state index in [4.69, 9.17) is 11.6 Å². The normalized spacial score (nSPS) is 11.4. The Hall–Kier alpha value is -1.04. The minimum Gasteiger partial charge on any atom is -0.466 e. The van der Waals surface area contributed by atoms with Crippen molar-refractivity contribution in [3.63, 3.8) is 0 Å². The van der Waals surface area contributed by atoms with E-state index in [1.807, 2.05) is 0 Å². The van der Waals surface area contributed by atoms with E-state index in [0.717, 1.165) is 0 Å². The third kappa shape index (κ3) is 3.45. The molecule has 1 aromatic rings. The molecule has 0 amide bonds. The molecule has 0 spiro atoms. The van der Waals surface area contributed by atoms with Gasteiger partial charge in [-0.2, -0.15) is 13.2 Å². The topological polar surface area (TPSA) is 35.0 Å². The summed E-state index contributed by atoms with van der Waals surface area (Å²) < 4.78 is 39.2. The van der Waals surface area contributed by atoms with Crippen molar-refractivity contribution < 1.29 is 17.9 Å². The summed E-state index contributed by atoms with van der Waals surface area (Å²) in [5, 5.41) is -0.188. The molecule has 3 nitrogen and oxygen atoms in total. The van der Waals surface area contributed by atoms with Crippen LogP contribution >= 0.6 is 11.6 Å². The molecule has 0 fully saturated rings. The van der Waals surface area contributed by atoms with Crippen molar-refractivity contribution in [3.05, 3.63) is 17.5 Å². The predicted octanol–water partition coefficient (Wildman–Crippen LogP) is 2.07. The molecular weight excluding hydrogens is 209 g/mol. The zero-order valence-electron chi connectivity index (χ0n) is 6.18. The summed E-state index contributed by atoms with van der Waals surface area (Å²) >= 11 is 5.39. The number of ether oxygens (including phenoxy) is 1. The average Bonchev–Trinajstić information content (AvgIpc) is 2.01. The van der Waals surface area contributed by atoms with Crippen LogP contribution in [0.4, 0.5) is 13.2 Å². The third-order valence-corrected chi connectivity index (χ3v) is 1.25. The van der Waals surface area contributed by atoms with E-state index in [0.29, 0.717) is 0 Å². The first-order chi connectivity index (χ1) is 5.99. The molecule has 0 saturated heterocycles. The van der Waals surface area contributed by atoms with Crippen LogP contribution in [0.1, 0.15) is 0 Å². The Kier molecular flexibility index (Phi) is 2.92. The van der Waals surface area contributed by atoms with Crippen LogP contribution < -0.4 is 4.74 Å². The van der Waals surface area contributed by atoms with Gasteiger partial charge in [-0.15, -0.1) is 0 Å². The minimum absolute atomic E-state index is 0.188. The van der Waals surface area contributed by atoms with Crippen molar-refractivity contribution in [3.8, 4) is 5.88 Å². The molecule has 0 saturated carbocycles. The SMILES string of the molecule is FC(F)(F)COc1nccnc1Cl. The molecule has 0 aromatic carbocycles. The Balaban J connectivity index is 2.60. The Bertz CT molecular complexity index is 291. The van der Waals surface area contributed by atoms with Crippen LogP contribution in [0.15, 0.2) is 12.4 Å². The van der Waals surface area contributed by atoms with Crippen LogP contribution in [0.2, 0.25) is 5.15 Å². The molecule has 0 unspecified atom stereocenters. The van der Waals surface area contributed by atoms with Crippen molar-refractivity contribution in [2.75, 3.05) is 6.61 Å². The highest BCUT2D eigenvalue weighted by Gasteiger charge is 2.29. The lowest BCUT2D eigenvalue weighted by Crippen LogP contribution is -2.19. The van der Waals surface area contributed by atoms with E-state index < -0.39 is 12.8 Å². The quantitative estimate of drug-likeness (QED) is 0.753. The van der Waals surface area contributed by atoms with Gasteiger partial charge in [-0.1, -0.05) is 11.6 Å². The largest absolute Gasteiger partial charge is 0.466 e. The Morgan fingerprint density at radius 3 is 2.46 bits per heavy atom. The summed E-state index contributed by atoms with van der Waals surface area (Å²) in [5.74, 6) is -0.318. The number of hydrogen-bond acceptors (Lipinski definition) is 3. The van der Waals surface area contributed by atoms with Gasteiger partial charge in [0.15, 0.2) is 11.8 Å². The van der Waals surface area contributed by atoms with Crippen LogP contribution in [0.5, 0.6) is 5.88 Å². The number of rotatable bonds is 2. The number of halogens is 4. The first-order valence-electron chi connectivity index (χ1n) is 3.15. The number of aromatic nitrogens is 2. The van der Waals surface area contributed by atoms with Crippen molar-refractivity contribution >= 4 is 11.6 Å². The predicted molar refractivity (Wildman–Crippen MR) is 38.6 cm³/mol. The monoisotopic (exact) mass is 212 g/mol. The summed E-state index contributed by atoms with van der Waals surface area (Å²) in [6.07, 6.45) is -1.96. The lowest BCUT2D eigenvalue weighted by molar-refractivity contribution is -0.154. The van der Waals surface area contributed by atoms with Gasteiger partial charge in [-0.3, -0.25) is 0 Å². The van der Waals surface area contributed by atoms with Crippen LogP contribution in [-0.2, 0) is 0 Å². The van der Waals surface area contributed by atoms with Gasteiger partial charge in [-0.05, 0) is 0 Å². The lowest BCUT2D eigenvalue weighted by Gasteiger charge is -2.07. The summed E-state index contributed by atoms with van der Waals surface area (Å²) in [7, 11) is 0. The Morgan fingerprint density at radius 1 is 1.31 bits per heavy atom. The molecule has 7 heteroatoms. The molecule has 0 aliphatic rings.